The zero-order valence-electron chi connectivity index (χ0n) is 17.2. The minimum Gasteiger partial charge on any atom is -0.376 e. The number of piperidine rings is 1. The van der Waals surface area contributed by atoms with Gasteiger partial charge in [-0.1, -0.05) is 41.6 Å². The third kappa shape index (κ3) is 5.16. The molecule has 1 fully saturated rings. The summed E-state index contributed by atoms with van der Waals surface area (Å²) >= 11 is 0. The molecule has 3 aromatic rings. The number of carbonyl (C=O) groups excluding carboxylic acids is 1. The highest BCUT2D eigenvalue weighted by atomic mass is 16.5. The summed E-state index contributed by atoms with van der Waals surface area (Å²) in [5.74, 6) is 0.919. The van der Waals surface area contributed by atoms with E-state index in [2.05, 4.69) is 16.2 Å². The van der Waals surface area contributed by atoms with Crippen molar-refractivity contribution in [3.8, 4) is 6.07 Å². The predicted octanol–water partition coefficient (Wildman–Crippen LogP) is 4.07. The highest BCUT2D eigenvalue weighted by molar-refractivity contribution is 5.94. The van der Waals surface area contributed by atoms with Crippen LogP contribution >= 0.6 is 0 Å². The van der Waals surface area contributed by atoms with E-state index in [1.807, 2.05) is 30.3 Å². The van der Waals surface area contributed by atoms with Crippen LogP contribution in [0, 0.1) is 11.3 Å². The first-order valence-corrected chi connectivity index (χ1v) is 10.5. The molecule has 7 nitrogen and oxygen atoms in total. The second-order valence-electron chi connectivity index (χ2n) is 7.54. The van der Waals surface area contributed by atoms with Crippen LogP contribution in [0.15, 0.2) is 59.1 Å². The zero-order chi connectivity index (χ0) is 21.5. The molecule has 2 heterocycles. The normalized spacial score (nSPS) is 16.1. The van der Waals surface area contributed by atoms with Crippen molar-refractivity contribution in [1.82, 2.24) is 15.0 Å². The smallest absolute Gasteiger partial charge is 0.254 e. The van der Waals surface area contributed by atoms with Crippen LogP contribution < -0.4 is 0 Å². The summed E-state index contributed by atoms with van der Waals surface area (Å²) in [4.78, 5) is 19.4. The molecule has 1 saturated heterocycles. The minimum atomic E-state index is -0.251. The van der Waals surface area contributed by atoms with Crippen LogP contribution in [0.1, 0.15) is 58.5 Å². The average Bonchev–Trinajstić information content (AvgIpc) is 3.31. The number of nitriles is 1. The number of rotatable bonds is 7. The summed E-state index contributed by atoms with van der Waals surface area (Å²) in [7, 11) is 0. The fraction of sp³-hybridized carbons (Fsp3) is 0.333. The first-order valence-electron chi connectivity index (χ1n) is 10.5. The summed E-state index contributed by atoms with van der Waals surface area (Å²) in [6.45, 7) is 1.65. The Balaban J connectivity index is 1.38. The number of benzene rings is 2. The van der Waals surface area contributed by atoms with Crippen LogP contribution in [-0.4, -0.2) is 34.1 Å². The Hall–Kier alpha value is -3.50. The molecule has 0 spiro atoms. The molecule has 4 rings (SSSR count). The van der Waals surface area contributed by atoms with E-state index in [-0.39, 0.29) is 11.9 Å². The molecule has 2 aromatic carbocycles. The van der Waals surface area contributed by atoms with Crippen molar-refractivity contribution in [3.63, 3.8) is 0 Å². The molecular formula is C24H24N4O3. The summed E-state index contributed by atoms with van der Waals surface area (Å²) in [6.07, 6.45) is 3.23. The molecule has 0 bridgehead atoms. The number of aromatic nitrogens is 2. The summed E-state index contributed by atoms with van der Waals surface area (Å²) in [6, 6.07) is 18.6. The number of hydrogen-bond acceptors (Lipinski definition) is 6. The third-order valence-electron chi connectivity index (χ3n) is 5.35. The van der Waals surface area contributed by atoms with E-state index in [9.17, 15) is 4.79 Å². The molecule has 1 unspecified atom stereocenters. The maximum absolute atomic E-state index is 13.1. The van der Waals surface area contributed by atoms with Crippen LogP contribution in [0.3, 0.4) is 0 Å². The van der Waals surface area contributed by atoms with Crippen LogP contribution in [-0.2, 0) is 17.8 Å². The van der Waals surface area contributed by atoms with E-state index in [1.165, 1.54) is 0 Å². The number of likely N-dealkylation sites (tertiary alicyclic amines) is 1. The quantitative estimate of drug-likeness (QED) is 0.539. The monoisotopic (exact) mass is 416 g/mol. The van der Waals surface area contributed by atoms with Crippen LogP contribution in [0.25, 0.3) is 0 Å². The SMILES string of the molecule is N#Cc1cccc(C(=O)N2CCCCC2c2nc(CCOCc3ccccc3)no2)c1. The molecule has 0 N–H and O–H groups in total. The molecule has 7 heteroatoms. The van der Waals surface area contributed by atoms with Crippen molar-refractivity contribution in [2.75, 3.05) is 13.2 Å². The van der Waals surface area contributed by atoms with Gasteiger partial charge in [-0.05, 0) is 43.0 Å². The van der Waals surface area contributed by atoms with Crippen molar-refractivity contribution in [2.45, 2.75) is 38.3 Å². The maximum atomic E-state index is 13.1. The van der Waals surface area contributed by atoms with E-state index in [1.54, 1.807) is 29.2 Å². The van der Waals surface area contributed by atoms with Crippen molar-refractivity contribution in [1.29, 1.82) is 5.26 Å². The van der Waals surface area contributed by atoms with Crippen LogP contribution in [0.5, 0.6) is 0 Å². The van der Waals surface area contributed by atoms with Crippen molar-refractivity contribution in [3.05, 3.63) is 83.0 Å². The molecule has 31 heavy (non-hydrogen) atoms. The Kier molecular flexibility index (Phi) is 6.70. The fourth-order valence-corrected chi connectivity index (χ4v) is 3.75. The lowest BCUT2D eigenvalue weighted by molar-refractivity contribution is 0.0561. The number of ether oxygens (including phenoxy) is 1. The first-order chi connectivity index (χ1) is 15.2. The Labute approximate surface area is 181 Å². The van der Waals surface area contributed by atoms with E-state index in [0.29, 0.717) is 49.0 Å². The standard InChI is InChI=1S/C24H24N4O3/c25-16-19-9-6-10-20(15-19)24(29)28-13-5-4-11-21(28)23-26-22(27-31-23)12-14-30-17-18-7-2-1-3-8-18/h1-3,6-10,15,21H,4-5,11-14,17H2. The topological polar surface area (TPSA) is 92.2 Å². The van der Waals surface area contributed by atoms with Gasteiger partial charge in [-0.3, -0.25) is 4.79 Å². The van der Waals surface area contributed by atoms with Gasteiger partial charge < -0.3 is 14.2 Å². The Morgan fingerprint density at radius 2 is 2.06 bits per heavy atom. The van der Waals surface area contributed by atoms with E-state index in [0.717, 1.165) is 24.8 Å². The largest absolute Gasteiger partial charge is 0.376 e. The van der Waals surface area contributed by atoms with Crippen molar-refractivity contribution in [2.24, 2.45) is 0 Å². The third-order valence-corrected chi connectivity index (χ3v) is 5.35. The average molecular weight is 416 g/mol. The number of hydrogen-bond donors (Lipinski definition) is 0. The second kappa shape index (κ2) is 10.0. The lowest BCUT2D eigenvalue weighted by atomic mass is 10.00. The molecule has 158 valence electrons. The first kappa shape index (κ1) is 20.8. The maximum Gasteiger partial charge on any atom is 0.254 e. The number of carbonyl (C=O) groups is 1. The van der Waals surface area contributed by atoms with Crippen molar-refractivity contribution >= 4 is 5.91 Å². The van der Waals surface area contributed by atoms with E-state index in [4.69, 9.17) is 14.5 Å². The highest BCUT2D eigenvalue weighted by Gasteiger charge is 2.32. The second-order valence-corrected chi connectivity index (χ2v) is 7.54. The lowest BCUT2D eigenvalue weighted by Gasteiger charge is -2.33. The molecule has 0 radical (unpaired) electrons. The van der Waals surface area contributed by atoms with Crippen LogP contribution in [0.2, 0.25) is 0 Å². The number of amides is 1. The Bertz CT molecular complexity index is 1060. The number of nitrogens with zero attached hydrogens (tertiary/aromatic N) is 4. The zero-order valence-corrected chi connectivity index (χ0v) is 17.2. The molecule has 1 aliphatic heterocycles. The van der Waals surface area contributed by atoms with E-state index >= 15 is 0 Å². The Morgan fingerprint density at radius 3 is 2.90 bits per heavy atom. The molecule has 1 aromatic heterocycles. The fourth-order valence-electron chi connectivity index (χ4n) is 3.75. The molecule has 0 saturated carbocycles. The highest BCUT2D eigenvalue weighted by Crippen LogP contribution is 2.31. The van der Waals surface area contributed by atoms with Crippen LogP contribution in [0.4, 0.5) is 0 Å². The summed E-state index contributed by atoms with van der Waals surface area (Å²) in [5.41, 5.74) is 2.09. The van der Waals surface area contributed by atoms with Gasteiger partial charge in [0, 0.05) is 18.5 Å². The summed E-state index contributed by atoms with van der Waals surface area (Å²) in [5, 5.41) is 13.2. The van der Waals surface area contributed by atoms with Gasteiger partial charge >= 0.3 is 0 Å². The van der Waals surface area contributed by atoms with Gasteiger partial charge in [0.2, 0.25) is 5.89 Å². The molecular weight excluding hydrogens is 392 g/mol. The molecule has 0 aliphatic carbocycles. The van der Waals surface area contributed by atoms with Gasteiger partial charge in [-0.15, -0.1) is 0 Å². The van der Waals surface area contributed by atoms with Gasteiger partial charge in [-0.2, -0.15) is 10.2 Å². The van der Waals surface area contributed by atoms with Gasteiger partial charge in [-0.25, -0.2) is 0 Å². The molecule has 1 amide bonds. The van der Waals surface area contributed by atoms with Gasteiger partial charge in [0.25, 0.3) is 5.91 Å². The Morgan fingerprint density at radius 1 is 1.19 bits per heavy atom. The predicted molar refractivity (Wildman–Crippen MR) is 113 cm³/mol. The minimum absolute atomic E-state index is 0.118. The molecule has 1 atom stereocenters. The summed E-state index contributed by atoms with van der Waals surface area (Å²) < 4.78 is 11.2. The van der Waals surface area contributed by atoms with Gasteiger partial charge in [0.15, 0.2) is 5.82 Å². The molecule has 1 aliphatic rings. The lowest BCUT2D eigenvalue weighted by Crippen LogP contribution is -2.38. The van der Waals surface area contributed by atoms with Gasteiger partial charge in [0.1, 0.15) is 6.04 Å². The van der Waals surface area contributed by atoms with Crippen molar-refractivity contribution < 1.29 is 14.1 Å². The van der Waals surface area contributed by atoms with Gasteiger partial charge in [0.05, 0.1) is 24.8 Å². The van der Waals surface area contributed by atoms with E-state index < -0.39 is 0 Å².